The first kappa shape index (κ1) is 21.2. The Kier molecular flexibility index (Phi) is 5.40. The van der Waals surface area contributed by atoms with E-state index in [4.69, 9.17) is 21.6 Å². The number of rotatable bonds is 5. The van der Waals surface area contributed by atoms with E-state index in [9.17, 15) is 4.79 Å². The molecule has 7 heteroatoms. The van der Waals surface area contributed by atoms with E-state index in [0.717, 1.165) is 0 Å². The van der Waals surface area contributed by atoms with Crippen molar-refractivity contribution >= 4 is 17.5 Å². The van der Waals surface area contributed by atoms with E-state index in [0.29, 0.717) is 22.0 Å². The molecule has 2 aromatic rings. The molecule has 1 aliphatic rings. The van der Waals surface area contributed by atoms with Gasteiger partial charge in [0.15, 0.2) is 0 Å². The van der Waals surface area contributed by atoms with Gasteiger partial charge in [-0.05, 0) is 32.0 Å². The Morgan fingerprint density at radius 2 is 1.93 bits per heavy atom. The average molecular weight is 415 g/mol. The molecular formula is C22H27ClN4O2. The molecule has 1 amide bonds. The summed E-state index contributed by atoms with van der Waals surface area (Å²) >= 11 is 6.14. The minimum atomic E-state index is -0.305. The molecule has 1 aromatic carbocycles. The van der Waals surface area contributed by atoms with Crippen LogP contribution in [-0.2, 0) is 0 Å². The average Bonchev–Trinajstić information content (AvgIpc) is 3.14. The summed E-state index contributed by atoms with van der Waals surface area (Å²) in [5.74, 6) is 0.427. The first-order valence-electron chi connectivity index (χ1n) is 9.70. The summed E-state index contributed by atoms with van der Waals surface area (Å²) < 4.78 is 8.02. The summed E-state index contributed by atoms with van der Waals surface area (Å²) in [6.07, 6.45) is 1.68. The highest BCUT2D eigenvalue weighted by atomic mass is 35.5. The second-order valence-electron chi connectivity index (χ2n) is 9.08. The molecule has 0 saturated heterocycles. The summed E-state index contributed by atoms with van der Waals surface area (Å²) in [7, 11) is 0. The van der Waals surface area contributed by atoms with Crippen LogP contribution in [0.25, 0.3) is 0 Å². The molecule has 154 valence electrons. The molecule has 29 heavy (non-hydrogen) atoms. The number of halogens is 1. The van der Waals surface area contributed by atoms with E-state index in [1.165, 1.54) is 0 Å². The third kappa shape index (κ3) is 3.72. The summed E-state index contributed by atoms with van der Waals surface area (Å²) in [5, 5.41) is 16.9. The molecule has 1 heterocycles. The fraction of sp³-hybridized carbons (Fsp3) is 0.500. The van der Waals surface area contributed by atoms with Crippen LogP contribution in [0.15, 0.2) is 30.5 Å². The van der Waals surface area contributed by atoms with E-state index in [1.54, 1.807) is 28.9 Å². The molecule has 0 spiro atoms. The number of nitrogens with one attached hydrogen (secondary N) is 1. The summed E-state index contributed by atoms with van der Waals surface area (Å²) in [4.78, 5) is 12.8. The predicted octanol–water partition coefficient (Wildman–Crippen LogP) is 4.60. The van der Waals surface area contributed by atoms with Crippen LogP contribution in [0.3, 0.4) is 0 Å². The fourth-order valence-corrected chi connectivity index (χ4v) is 4.76. The lowest BCUT2D eigenvalue weighted by molar-refractivity contribution is -0.164. The van der Waals surface area contributed by atoms with Crippen molar-refractivity contribution in [1.82, 2.24) is 15.1 Å². The molecule has 0 aliphatic heterocycles. The Labute approximate surface area is 176 Å². The van der Waals surface area contributed by atoms with Gasteiger partial charge in [0.25, 0.3) is 5.91 Å². The number of amides is 1. The standard InChI is InChI=1S/C22H27ClN4O2/c1-13(2)27-10-9-17(26-27)18(28)25-19-21(3,4)20(22(19,5)6)29-15-8-7-14(12-24)16(23)11-15/h7-11,13,19-20H,1-6H3,(H,25,28). The number of nitrogens with zero attached hydrogens (tertiary/aromatic N) is 3. The molecule has 1 saturated carbocycles. The van der Waals surface area contributed by atoms with Crippen molar-refractivity contribution in [3.8, 4) is 11.8 Å². The van der Waals surface area contributed by atoms with E-state index in [-0.39, 0.29) is 34.9 Å². The fourth-order valence-electron chi connectivity index (χ4n) is 4.55. The minimum absolute atomic E-state index is 0.0921. The van der Waals surface area contributed by atoms with Crippen LogP contribution in [0.2, 0.25) is 5.02 Å². The van der Waals surface area contributed by atoms with Gasteiger partial charge in [0.2, 0.25) is 0 Å². The zero-order valence-electron chi connectivity index (χ0n) is 17.7. The lowest BCUT2D eigenvalue weighted by Gasteiger charge is -2.63. The second-order valence-corrected chi connectivity index (χ2v) is 9.48. The third-order valence-electron chi connectivity index (χ3n) is 5.80. The van der Waals surface area contributed by atoms with Gasteiger partial charge >= 0.3 is 0 Å². The molecule has 1 aliphatic carbocycles. The first-order chi connectivity index (χ1) is 13.5. The van der Waals surface area contributed by atoms with Crippen molar-refractivity contribution in [2.45, 2.75) is 59.7 Å². The highest BCUT2D eigenvalue weighted by Gasteiger charge is 2.64. The molecule has 6 nitrogen and oxygen atoms in total. The number of nitriles is 1. The van der Waals surface area contributed by atoms with Gasteiger partial charge in [-0.3, -0.25) is 9.48 Å². The Hall–Kier alpha value is -2.52. The molecule has 1 N–H and O–H groups in total. The topological polar surface area (TPSA) is 79.9 Å². The van der Waals surface area contributed by atoms with Crippen molar-refractivity contribution < 1.29 is 9.53 Å². The summed E-state index contributed by atoms with van der Waals surface area (Å²) in [5.41, 5.74) is 0.214. The van der Waals surface area contributed by atoms with Crippen LogP contribution in [0.1, 0.15) is 63.6 Å². The van der Waals surface area contributed by atoms with Gasteiger partial charge < -0.3 is 10.1 Å². The van der Waals surface area contributed by atoms with Gasteiger partial charge in [-0.15, -0.1) is 0 Å². The van der Waals surface area contributed by atoms with Crippen molar-refractivity contribution in [1.29, 1.82) is 5.26 Å². The van der Waals surface area contributed by atoms with Gasteiger partial charge in [0, 0.05) is 35.2 Å². The number of hydrogen-bond acceptors (Lipinski definition) is 4. The number of benzene rings is 1. The lowest BCUT2D eigenvalue weighted by Crippen LogP contribution is -2.74. The van der Waals surface area contributed by atoms with Crippen LogP contribution < -0.4 is 10.1 Å². The van der Waals surface area contributed by atoms with Crippen LogP contribution in [0, 0.1) is 22.2 Å². The first-order valence-corrected chi connectivity index (χ1v) is 10.1. The van der Waals surface area contributed by atoms with Crippen molar-refractivity contribution in [2.75, 3.05) is 0 Å². The second kappa shape index (κ2) is 7.38. The van der Waals surface area contributed by atoms with Crippen LogP contribution >= 0.6 is 11.6 Å². The highest BCUT2D eigenvalue weighted by molar-refractivity contribution is 6.31. The van der Waals surface area contributed by atoms with Crippen LogP contribution in [0.4, 0.5) is 0 Å². The molecule has 0 radical (unpaired) electrons. The Bertz CT molecular complexity index is 955. The van der Waals surface area contributed by atoms with Gasteiger partial charge in [-0.1, -0.05) is 39.3 Å². The van der Waals surface area contributed by atoms with Crippen molar-refractivity contribution in [3.05, 3.63) is 46.7 Å². The zero-order chi connectivity index (χ0) is 21.6. The van der Waals surface area contributed by atoms with Crippen LogP contribution in [0.5, 0.6) is 5.75 Å². The highest BCUT2D eigenvalue weighted by Crippen LogP contribution is 2.55. The molecule has 1 aromatic heterocycles. The number of aromatic nitrogens is 2. The molecule has 0 unspecified atom stereocenters. The third-order valence-corrected chi connectivity index (χ3v) is 6.11. The van der Waals surface area contributed by atoms with E-state index in [1.807, 2.05) is 26.1 Å². The molecule has 3 rings (SSSR count). The predicted molar refractivity (Wildman–Crippen MR) is 112 cm³/mol. The number of hydrogen-bond donors (Lipinski definition) is 1. The number of carbonyl (C=O) groups excluding carboxylic acids is 1. The maximum atomic E-state index is 12.8. The SMILES string of the molecule is CC(C)n1ccc(C(=O)NC2C(C)(C)C(Oc3ccc(C#N)c(Cl)c3)C2(C)C)n1. The molecular weight excluding hydrogens is 388 g/mol. The van der Waals surface area contributed by atoms with Gasteiger partial charge in [-0.2, -0.15) is 10.4 Å². The monoisotopic (exact) mass is 414 g/mol. The van der Waals surface area contributed by atoms with Gasteiger partial charge in [-0.25, -0.2) is 0 Å². The molecule has 1 fully saturated rings. The van der Waals surface area contributed by atoms with Gasteiger partial charge in [0.1, 0.15) is 23.6 Å². The number of carbonyl (C=O) groups is 1. The van der Waals surface area contributed by atoms with Crippen LogP contribution in [-0.4, -0.2) is 27.8 Å². The van der Waals surface area contributed by atoms with Crippen molar-refractivity contribution in [3.63, 3.8) is 0 Å². The lowest BCUT2D eigenvalue weighted by atomic mass is 9.49. The van der Waals surface area contributed by atoms with Crippen molar-refractivity contribution in [2.24, 2.45) is 10.8 Å². The van der Waals surface area contributed by atoms with E-state index in [2.05, 4.69) is 38.1 Å². The summed E-state index contributed by atoms with van der Waals surface area (Å²) in [6.45, 7) is 12.3. The maximum Gasteiger partial charge on any atom is 0.272 e. The zero-order valence-corrected chi connectivity index (χ0v) is 18.4. The molecule has 0 atom stereocenters. The maximum absolute atomic E-state index is 12.8. The Balaban J connectivity index is 1.75. The van der Waals surface area contributed by atoms with E-state index < -0.39 is 0 Å². The largest absolute Gasteiger partial charge is 0.489 e. The quantitative estimate of drug-likeness (QED) is 0.775. The van der Waals surface area contributed by atoms with Gasteiger partial charge in [0.05, 0.1) is 10.6 Å². The normalized spacial score (nSPS) is 21.9. The smallest absolute Gasteiger partial charge is 0.272 e. The Morgan fingerprint density at radius 3 is 2.45 bits per heavy atom. The minimum Gasteiger partial charge on any atom is -0.489 e. The molecule has 0 bridgehead atoms. The Morgan fingerprint density at radius 1 is 1.28 bits per heavy atom. The summed E-state index contributed by atoms with van der Waals surface area (Å²) in [6, 6.07) is 8.96. The van der Waals surface area contributed by atoms with E-state index >= 15 is 0 Å². The number of ether oxygens (including phenoxy) is 1.